The van der Waals surface area contributed by atoms with Crippen LogP contribution in [0.3, 0.4) is 0 Å². The zero-order valence-corrected chi connectivity index (χ0v) is 18.4. The van der Waals surface area contributed by atoms with Gasteiger partial charge in [0.1, 0.15) is 6.04 Å². The summed E-state index contributed by atoms with van der Waals surface area (Å²) in [6.07, 6.45) is 7.04. The number of benzene rings is 1. The van der Waals surface area contributed by atoms with Gasteiger partial charge in [-0.2, -0.15) is 13.2 Å². The van der Waals surface area contributed by atoms with Crippen LogP contribution in [-0.4, -0.2) is 36.0 Å². The number of carbonyl (C=O) groups is 2. The zero-order chi connectivity index (χ0) is 22.7. The molecule has 2 rings (SSSR count). The Bertz CT molecular complexity index is 706. The van der Waals surface area contributed by atoms with E-state index in [2.05, 4.69) is 6.92 Å². The number of esters is 1. The van der Waals surface area contributed by atoms with Gasteiger partial charge >= 0.3 is 12.1 Å². The maximum Gasteiger partial charge on any atom is 0.416 e. The van der Waals surface area contributed by atoms with E-state index in [0.29, 0.717) is 26.0 Å². The number of rotatable bonds is 12. The molecule has 0 aliphatic carbocycles. The molecule has 1 aliphatic heterocycles. The van der Waals surface area contributed by atoms with Crippen molar-refractivity contribution < 1.29 is 27.5 Å². The number of likely N-dealkylation sites (tertiary alicyclic amines) is 1. The molecule has 1 fully saturated rings. The molecule has 1 atom stereocenters. The maximum atomic E-state index is 12.9. The first-order valence-electron chi connectivity index (χ1n) is 11.5. The summed E-state index contributed by atoms with van der Waals surface area (Å²) < 4.78 is 44.2. The van der Waals surface area contributed by atoms with Crippen LogP contribution < -0.4 is 0 Å². The SMILES string of the molecule is CCCCCCCCCCCOC(=O)C1CCCN1C(=O)c1cccc(C(F)(F)F)c1. The summed E-state index contributed by atoms with van der Waals surface area (Å²) in [5.74, 6) is -1.02. The van der Waals surface area contributed by atoms with Gasteiger partial charge in [-0.15, -0.1) is 0 Å². The number of ether oxygens (including phenoxy) is 1. The summed E-state index contributed by atoms with van der Waals surface area (Å²) in [6.45, 7) is 2.86. The Morgan fingerprint density at radius 2 is 1.68 bits per heavy atom. The number of nitrogens with zero attached hydrogens (tertiary/aromatic N) is 1. The van der Waals surface area contributed by atoms with Gasteiger partial charge in [0.25, 0.3) is 5.91 Å². The van der Waals surface area contributed by atoms with Crippen molar-refractivity contribution in [2.24, 2.45) is 0 Å². The number of carbonyl (C=O) groups excluding carboxylic acids is 2. The molecule has 0 N–H and O–H groups in total. The van der Waals surface area contributed by atoms with Gasteiger partial charge < -0.3 is 9.64 Å². The lowest BCUT2D eigenvalue weighted by Crippen LogP contribution is -2.41. The molecule has 1 aliphatic rings. The van der Waals surface area contributed by atoms with E-state index in [1.807, 2.05) is 0 Å². The number of halogens is 3. The van der Waals surface area contributed by atoms with Crippen molar-refractivity contribution in [2.45, 2.75) is 89.8 Å². The van der Waals surface area contributed by atoms with Crippen LogP contribution in [0, 0.1) is 0 Å². The average Bonchev–Trinajstić information content (AvgIpc) is 3.24. The van der Waals surface area contributed by atoms with Crippen molar-refractivity contribution in [3.8, 4) is 0 Å². The largest absolute Gasteiger partial charge is 0.464 e. The van der Waals surface area contributed by atoms with E-state index in [-0.39, 0.29) is 5.56 Å². The lowest BCUT2D eigenvalue weighted by atomic mass is 10.1. The van der Waals surface area contributed by atoms with E-state index in [0.717, 1.165) is 31.4 Å². The third-order valence-electron chi connectivity index (χ3n) is 5.71. The van der Waals surface area contributed by atoms with Crippen molar-refractivity contribution in [2.75, 3.05) is 13.2 Å². The van der Waals surface area contributed by atoms with E-state index in [9.17, 15) is 22.8 Å². The first-order chi connectivity index (χ1) is 14.8. The summed E-state index contributed by atoms with van der Waals surface area (Å²) in [5, 5.41) is 0. The second-order valence-corrected chi connectivity index (χ2v) is 8.23. The first-order valence-corrected chi connectivity index (χ1v) is 11.5. The number of unbranched alkanes of at least 4 members (excludes halogenated alkanes) is 8. The van der Waals surface area contributed by atoms with Crippen LogP contribution in [0.4, 0.5) is 13.2 Å². The Morgan fingerprint density at radius 3 is 2.32 bits per heavy atom. The molecule has 0 saturated carbocycles. The van der Waals surface area contributed by atoms with Gasteiger partial charge in [-0.1, -0.05) is 64.4 Å². The lowest BCUT2D eigenvalue weighted by Gasteiger charge is -2.23. The van der Waals surface area contributed by atoms with Crippen LogP contribution in [-0.2, 0) is 15.7 Å². The highest BCUT2D eigenvalue weighted by molar-refractivity contribution is 5.97. The highest BCUT2D eigenvalue weighted by atomic mass is 19.4. The topological polar surface area (TPSA) is 46.6 Å². The summed E-state index contributed by atoms with van der Waals surface area (Å²) in [7, 11) is 0. The van der Waals surface area contributed by atoms with Crippen LogP contribution in [0.15, 0.2) is 24.3 Å². The Balaban J connectivity index is 1.75. The highest BCUT2D eigenvalue weighted by Gasteiger charge is 2.37. The summed E-state index contributed by atoms with van der Waals surface area (Å²) in [5.41, 5.74) is -0.935. The fourth-order valence-electron chi connectivity index (χ4n) is 3.93. The van der Waals surface area contributed by atoms with Gasteiger partial charge in [0.2, 0.25) is 0 Å². The molecule has 4 nitrogen and oxygen atoms in total. The van der Waals surface area contributed by atoms with E-state index >= 15 is 0 Å². The Morgan fingerprint density at radius 1 is 1.03 bits per heavy atom. The first kappa shape index (κ1) is 25.2. The van der Waals surface area contributed by atoms with Gasteiger partial charge in [0.15, 0.2) is 0 Å². The molecule has 0 spiro atoms. The van der Waals surface area contributed by atoms with E-state index in [1.165, 1.54) is 55.6 Å². The smallest absolute Gasteiger partial charge is 0.416 e. The monoisotopic (exact) mass is 441 g/mol. The summed E-state index contributed by atoms with van der Waals surface area (Å²) >= 11 is 0. The van der Waals surface area contributed by atoms with Crippen molar-refractivity contribution >= 4 is 11.9 Å². The lowest BCUT2D eigenvalue weighted by molar-refractivity contribution is -0.148. The minimum absolute atomic E-state index is 0.0616. The van der Waals surface area contributed by atoms with E-state index < -0.39 is 29.7 Å². The van der Waals surface area contributed by atoms with Gasteiger partial charge in [0, 0.05) is 12.1 Å². The highest BCUT2D eigenvalue weighted by Crippen LogP contribution is 2.30. The molecule has 1 heterocycles. The van der Waals surface area contributed by atoms with Crippen molar-refractivity contribution in [1.82, 2.24) is 4.90 Å². The number of amides is 1. The normalized spacial score (nSPS) is 16.5. The van der Waals surface area contributed by atoms with E-state index in [1.54, 1.807) is 0 Å². The van der Waals surface area contributed by atoms with Crippen LogP contribution in [0.2, 0.25) is 0 Å². The molecule has 1 saturated heterocycles. The number of hydrogen-bond donors (Lipinski definition) is 0. The van der Waals surface area contributed by atoms with Crippen LogP contribution in [0.25, 0.3) is 0 Å². The summed E-state index contributed by atoms with van der Waals surface area (Å²) in [4.78, 5) is 26.5. The molecule has 174 valence electrons. The molecule has 1 aromatic carbocycles. The third-order valence-corrected chi connectivity index (χ3v) is 5.71. The molecule has 0 aromatic heterocycles. The molecule has 1 amide bonds. The molecule has 1 aromatic rings. The van der Waals surface area contributed by atoms with Crippen molar-refractivity contribution in [3.63, 3.8) is 0 Å². The summed E-state index contributed by atoms with van der Waals surface area (Å²) in [6, 6.07) is 3.60. The minimum atomic E-state index is -4.52. The van der Waals surface area contributed by atoms with Crippen molar-refractivity contribution in [3.05, 3.63) is 35.4 Å². The molecular weight excluding hydrogens is 407 g/mol. The Hall–Kier alpha value is -2.05. The zero-order valence-electron chi connectivity index (χ0n) is 18.4. The van der Waals surface area contributed by atoms with Gasteiger partial charge in [-0.25, -0.2) is 4.79 Å². The Kier molecular flexibility index (Phi) is 10.3. The molecule has 1 unspecified atom stereocenters. The Labute approximate surface area is 183 Å². The predicted molar refractivity (Wildman–Crippen MR) is 114 cm³/mol. The molecular formula is C24H34F3NO3. The van der Waals surface area contributed by atoms with E-state index in [4.69, 9.17) is 4.74 Å². The quantitative estimate of drug-likeness (QED) is 0.279. The third kappa shape index (κ3) is 8.19. The van der Waals surface area contributed by atoms with Gasteiger partial charge in [-0.3, -0.25) is 4.79 Å². The van der Waals surface area contributed by atoms with Crippen LogP contribution in [0.1, 0.15) is 93.5 Å². The van der Waals surface area contributed by atoms with Gasteiger partial charge in [-0.05, 0) is 37.5 Å². The van der Waals surface area contributed by atoms with Gasteiger partial charge in [0.05, 0.1) is 12.2 Å². The minimum Gasteiger partial charge on any atom is -0.464 e. The molecule has 7 heteroatoms. The number of hydrogen-bond acceptors (Lipinski definition) is 3. The predicted octanol–water partition coefficient (Wildman–Crippen LogP) is 6.38. The molecule has 31 heavy (non-hydrogen) atoms. The van der Waals surface area contributed by atoms with Crippen LogP contribution in [0.5, 0.6) is 0 Å². The fraction of sp³-hybridized carbons (Fsp3) is 0.667. The number of alkyl halides is 3. The maximum absolute atomic E-state index is 12.9. The fourth-order valence-corrected chi connectivity index (χ4v) is 3.93. The molecule has 0 bridgehead atoms. The van der Waals surface area contributed by atoms with Crippen LogP contribution >= 0.6 is 0 Å². The second-order valence-electron chi connectivity index (χ2n) is 8.23. The van der Waals surface area contributed by atoms with Crippen molar-refractivity contribution in [1.29, 1.82) is 0 Å². The molecule has 0 radical (unpaired) electrons. The second kappa shape index (κ2) is 12.7. The standard InChI is InChI=1S/C24H34F3NO3/c1-2-3-4-5-6-7-8-9-10-17-31-23(30)21-15-12-16-28(21)22(29)19-13-11-14-20(18-19)24(25,26)27/h11,13-14,18,21H,2-10,12,15-17H2,1H3. The average molecular weight is 442 g/mol.